The lowest BCUT2D eigenvalue weighted by molar-refractivity contribution is 0.201. The number of rotatable bonds is 6. The van der Waals surface area contributed by atoms with Crippen molar-refractivity contribution in [3.8, 4) is 0 Å². The van der Waals surface area contributed by atoms with Crippen LogP contribution in [0.3, 0.4) is 0 Å². The SMILES string of the molecule is COCCc1cc(=O)n2[nH]c(SC)c(S(=O)(=O)c3ccccc3)c2n1. The Morgan fingerprint density at radius 1 is 1.28 bits per heavy atom. The first-order valence-electron chi connectivity index (χ1n) is 7.46. The topological polar surface area (TPSA) is 93.5 Å². The van der Waals surface area contributed by atoms with Crippen molar-refractivity contribution >= 4 is 27.2 Å². The Morgan fingerprint density at radius 3 is 2.64 bits per heavy atom. The maximum Gasteiger partial charge on any atom is 0.272 e. The number of fused-ring (bicyclic) bond motifs is 1. The summed E-state index contributed by atoms with van der Waals surface area (Å²) in [4.78, 5) is 16.9. The molecule has 9 heteroatoms. The molecule has 0 atom stereocenters. The van der Waals surface area contributed by atoms with Gasteiger partial charge in [0, 0.05) is 19.6 Å². The van der Waals surface area contributed by atoms with E-state index >= 15 is 0 Å². The highest BCUT2D eigenvalue weighted by Gasteiger charge is 2.28. The summed E-state index contributed by atoms with van der Waals surface area (Å²) in [6.45, 7) is 0.392. The number of hydrogen-bond acceptors (Lipinski definition) is 6. The summed E-state index contributed by atoms with van der Waals surface area (Å²) < 4.78 is 32.4. The molecule has 1 N–H and O–H groups in total. The molecule has 0 spiro atoms. The molecule has 0 amide bonds. The summed E-state index contributed by atoms with van der Waals surface area (Å²) in [5.74, 6) is 0. The minimum absolute atomic E-state index is 0.0163. The van der Waals surface area contributed by atoms with Gasteiger partial charge in [0.25, 0.3) is 5.56 Å². The number of hydrogen-bond donors (Lipinski definition) is 1. The third-order valence-corrected chi connectivity index (χ3v) is 6.33. The fourth-order valence-corrected chi connectivity index (χ4v) is 4.93. The molecule has 2 heterocycles. The van der Waals surface area contributed by atoms with Gasteiger partial charge in [-0.2, -0.15) is 4.52 Å². The molecule has 7 nitrogen and oxygen atoms in total. The van der Waals surface area contributed by atoms with Crippen molar-refractivity contribution in [1.82, 2.24) is 14.6 Å². The van der Waals surface area contributed by atoms with E-state index in [1.807, 2.05) is 0 Å². The van der Waals surface area contributed by atoms with Crippen LogP contribution in [0.1, 0.15) is 5.69 Å². The zero-order valence-corrected chi connectivity index (χ0v) is 15.4. The second-order valence-corrected chi connectivity index (χ2v) is 7.98. The zero-order valence-electron chi connectivity index (χ0n) is 13.7. The largest absolute Gasteiger partial charge is 0.384 e. The monoisotopic (exact) mass is 379 g/mol. The number of methoxy groups -OCH3 is 1. The number of sulfone groups is 1. The van der Waals surface area contributed by atoms with E-state index in [1.165, 1.54) is 30.0 Å². The van der Waals surface area contributed by atoms with E-state index in [1.54, 1.807) is 31.6 Å². The minimum Gasteiger partial charge on any atom is -0.384 e. The molecule has 132 valence electrons. The summed E-state index contributed by atoms with van der Waals surface area (Å²) in [5, 5.41) is 3.21. The molecule has 3 rings (SSSR count). The summed E-state index contributed by atoms with van der Waals surface area (Å²) in [6, 6.07) is 9.49. The maximum absolute atomic E-state index is 13.1. The Hall–Kier alpha value is -2.10. The number of nitrogens with zero attached hydrogens (tertiary/aromatic N) is 2. The lowest BCUT2D eigenvalue weighted by Crippen LogP contribution is -2.17. The molecule has 0 aliphatic carbocycles. The smallest absolute Gasteiger partial charge is 0.272 e. The van der Waals surface area contributed by atoms with Crippen molar-refractivity contribution in [3.05, 3.63) is 52.4 Å². The van der Waals surface area contributed by atoms with Gasteiger partial charge in [-0.05, 0) is 18.4 Å². The number of H-pyrrole nitrogens is 1. The number of thioether (sulfide) groups is 1. The predicted molar refractivity (Wildman–Crippen MR) is 95.1 cm³/mol. The van der Waals surface area contributed by atoms with Crippen molar-refractivity contribution in [1.29, 1.82) is 0 Å². The van der Waals surface area contributed by atoms with Gasteiger partial charge in [-0.1, -0.05) is 18.2 Å². The first kappa shape index (κ1) is 17.7. The van der Waals surface area contributed by atoms with Crippen molar-refractivity contribution < 1.29 is 13.2 Å². The quantitative estimate of drug-likeness (QED) is 0.656. The van der Waals surface area contributed by atoms with Crippen LogP contribution in [0, 0.1) is 0 Å². The molecular weight excluding hydrogens is 362 g/mol. The molecule has 25 heavy (non-hydrogen) atoms. The van der Waals surface area contributed by atoms with E-state index in [0.29, 0.717) is 23.7 Å². The Kier molecular flexibility index (Phi) is 4.98. The van der Waals surface area contributed by atoms with Gasteiger partial charge in [0.1, 0.15) is 9.92 Å². The first-order valence-corrected chi connectivity index (χ1v) is 10.2. The molecule has 0 fully saturated rings. The minimum atomic E-state index is -3.82. The van der Waals surface area contributed by atoms with E-state index in [2.05, 4.69) is 10.1 Å². The molecule has 2 aromatic heterocycles. The maximum atomic E-state index is 13.1. The van der Waals surface area contributed by atoms with Crippen LogP contribution in [0.15, 0.2) is 56.0 Å². The third kappa shape index (κ3) is 3.22. The number of benzene rings is 1. The van der Waals surface area contributed by atoms with Crippen LogP contribution in [-0.2, 0) is 21.0 Å². The van der Waals surface area contributed by atoms with Crippen molar-refractivity contribution in [2.75, 3.05) is 20.0 Å². The summed E-state index contributed by atoms with van der Waals surface area (Å²) in [7, 11) is -2.27. The van der Waals surface area contributed by atoms with Crippen molar-refractivity contribution in [2.45, 2.75) is 21.2 Å². The van der Waals surface area contributed by atoms with Crippen molar-refractivity contribution in [2.24, 2.45) is 0 Å². The Balaban J connectivity index is 2.29. The Morgan fingerprint density at radius 2 is 2.00 bits per heavy atom. The van der Waals surface area contributed by atoms with Gasteiger partial charge in [-0.25, -0.2) is 13.4 Å². The average Bonchev–Trinajstić information content (AvgIpc) is 3.00. The molecule has 0 unspecified atom stereocenters. The molecule has 1 aromatic carbocycles. The zero-order chi connectivity index (χ0) is 18.0. The van der Waals surface area contributed by atoms with Crippen LogP contribution in [0.25, 0.3) is 5.65 Å². The second kappa shape index (κ2) is 7.03. The molecule has 0 aliphatic heterocycles. The van der Waals surface area contributed by atoms with Gasteiger partial charge in [-0.3, -0.25) is 9.89 Å². The fourth-order valence-electron chi connectivity index (χ4n) is 2.48. The highest BCUT2D eigenvalue weighted by atomic mass is 32.2. The Labute approximate surface area is 148 Å². The molecule has 3 aromatic rings. The third-order valence-electron chi connectivity index (χ3n) is 3.68. The molecular formula is C16H17N3O4S2. The molecule has 0 bridgehead atoms. The average molecular weight is 379 g/mol. The molecule has 0 saturated heterocycles. The standard InChI is InChI=1S/C16H17N3O4S2/c1-23-9-8-11-10-13(20)19-15(17-11)14(16(18-19)24-2)25(21,22)12-6-4-3-5-7-12/h3-7,10,18H,8-9H2,1-2H3. The van der Waals surface area contributed by atoms with Gasteiger partial charge in [-0.15, -0.1) is 11.8 Å². The normalized spacial score (nSPS) is 11.9. The highest BCUT2D eigenvalue weighted by Crippen LogP contribution is 2.31. The van der Waals surface area contributed by atoms with Gasteiger partial charge < -0.3 is 4.74 Å². The summed E-state index contributed by atoms with van der Waals surface area (Å²) in [6.07, 6.45) is 2.17. The summed E-state index contributed by atoms with van der Waals surface area (Å²) in [5.41, 5.74) is 0.232. The molecule has 0 radical (unpaired) electrons. The lowest BCUT2D eigenvalue weighted by Gasteiger charge is -2.05. The van der Waals surface area contributed by atoms with E-state index in [-0.39, 0.29) is 21.0 Å². The number of ether oxygens (including phenoxy) is 1. The van der Waals surface area contributed by atoms with Gasteiger partial charge >= 0.3 is 0 Å². The molecule has 0 aliphatic rings. The number of aromatic nitrogens is 3. The van der Waals surface area contributed by atoms with Gasteiger partial charge in [0.2, 0.25) is 9.84 Å². The van der Waals surface area contributed by atoms with Crippen LogP contribution >= 0.6 is 11.8 Å². The number of aromatic amines is 1. The molecule has 0 saturated carbocycles. The second-order valence-electron chi connectivity index (χ2n) is 5.28. The first-order chi connectivity index (χ1) is 12.0. The number of nitrogens with one attached hydrogen (secondary N) is 1. The predicted octanol–water partition coefficient (Wildman–Crippen LogP) is 1.77. The van der Waals surface area contributed by atoms with Crippen LogP contribution in [0.2, 0.25) is 0 Å². The van der Waals surface area contributed by atoms with Crippen LogP contribution in [-0.4, -0.2) is 43.0 Å². The van der Waals surface area contributed by atoms with E-state index < -0.39 is 9.84 Å². The van der Waals surface area contributed by atoms with Crippen LogP contribution in [0.5, 0.6) is 0 Å². The highest BCUT2D eigenvalue weighted by molar-refractivity contribution is 7.99. The van der Waals surface area contributed by atoms with E-state index in [4.69, 9.17) is 4.74 Å². The summed E-state index contributed by atoms with van der Waals surface area (Å²) >= 11 is 1.22. The van der Waals surface area contributed by atoms with E-state index in [0.717, 1.165) is 4.52 Å². The van der Waals surface area contributed by atoms with Crippen LogP contribution in [0.4, 0.5) is 0 Å². The van der Waals surface area contributed by atoms with Crippen LogP contribution < -0.4 is 5.56 Å². The van der Waals surface area contributed by atoms with Gasteiger partial charge in [0.05, 0.1) is 17.2 Å². The van der Waals surface area contributed by atoms with E-state index in [9.17, 15) is 13.2 Å². The fraction of sp³-hybridized carbons (Fsp3) is 0.250. The Bertz CT molecular complexity index is 1060. The van der Waals surface area contributed by atoms with Crippen molar-refractivity contribution in [3.63, 3.8) is 0 Å². The lowest BCUT2D eigenvalue weighted by atomic mass is 10.3. The van der Waals surface area contributed by atoms with Gasteiger partial charge in [0.15, 0.2) is 5.65 Å².